The summed E-state index contributed by atoms with van der Waals surface area (Å²) in [4.78, 5) is 23.6. The first-order valence-corrected chi connectivity index (χ1v) is 6.71. The molecular formula is C12H14Cl3NO2. The van der Waals surface area contributed by atoms with Gasteiger partial charge >= 0.3 is 0 Å². The highest BCUT2D eigenvalue weighted by molar-refractivity contribution is 6.77. The Morgan fingerprint density at radius 3 is 2.44 bits per heavy atom. The van der Waals surface area contributed by atoms with Gasteiger partial charge in [0.1, 0.15) is 0 Å². The van der Waals surface area contributed by atoms with E-state index < -0.39 is 9.58 Å². The molecule has 1 aromatic rings. The van der Waals surface area contributed by atoms with Crippen molar-refractivity contribution in [2.45, 2.75) is 30.0 Å². The SMILES string of the molecule is CCCCC(=O)c1cc(C(=O)C(Cl)(Cl)Cl)n(C)c1. The maximum absolute atomic E-state index is 11.8. The zero-order valence-electron chi connectivity index (χ0n) is 10.2. The molecule has 0 aromatic carbocycles. The van der Waals surface area contributed by atoms with Crippen LogP contribution < -0.4 is 0 Å². The Kier molecular flexibility index (Phi) is 5.26. The summed E-state index contributed by atoms with van der Waals surface area (Å²) in [5, 5.41) is 0. The van der Waals surface area contributed by atoms with E-state index in [9.17, 15) is 9.59 Å². The Balaban J connectivity index is 2.95. The molecule has 0 amide bonds. The normalized spacial score (nSPS) is 11.6. The molecule has 0 unspecified atom stereocenters. The molecule has 0 bridgehead atoms. The fourth-order valence-corrected chi connectivity index (χ4v) is 1.86. The van der Waals surface area contributed by atoms with Gasteiger partial charge in [0.25, 0.3) is 3.79 Å². The Hall–Kier alpha value is -0.510. The van der Waals surface area contributed by atoms with Gasteiger partial charge in [-0.15, -0.1) is 0 Å². The van der Waals surface area contributed by atoms with Crippen molar-refractivity contribution in [3.05, 3.63) is 23.5 Å². The van der Waals surface area contributed by atoms with Crippen molar-refractivity contribution in [2.24, 2.45) is 7.05 Å². The lowest BCUT2D eigenvalue weighted by atomic mass is 10.1. The number of hydrogen-bond acceptors (Lipinski definition) is 2. The van der Waals surface area contributed by atoms with Gasteiger partial charge < -0.3 is 4.57 Å². The topological polar surface area (TPSA) is 39.1 Å². The van der Waals surface area contributed by atoms with Crippen LogP contribution in [0.4, 0.5) is 0 Å². The maximum Gasteiger partial charge on any atom is 0.255 e. The highest BCUT2D eigenvalue weighted by atomic mass is 35.6. The molecule has 0 radical (unpaired) electrons. The Morgan fingerprint density at radius 1 is 1.33 bits per heavy atom. The summed E-state index contributed by atoms with van der Waals surface area (Å²) in [6.07, 6.45) is 3.81. The van der Waals surface area contributed by atoms with Gasteiger partial charge in [-0.25, -0.2) is 0 Å². The third-order valence-corrected chi connectivity index (χ3v) is 3.09. The van der Waals surface area contributed by atoms with Crippen molar-refractivity contribution in [2.75, 3.05) is 0 Å². The number of aryl methyl sites for hydroxylation is 1. The van der Waals surface area contributed by atoms with Crippen molar-refractivity contribution >= 4 is 46.4 Å². The van der Waals surface area contributed by atoms with Crippen LogP contribution in [0.2, 0.25) is 0 Å². The molecule has 0 aliphatic heterocycles. The number of hydrogen-bond donors (Lipinski definition) is 0. The number of alkyl halides is 3. The van der Waals surface area contributed by atoms with Crippen LogP contribution in [-0.4, -0.2) is 19.9 Å². The maximum atomic E-state index is 11.8. The number of Topliss-reactive ketones (excluding diaryl/α,β-unsaturated/α-hetero) is 2. The molecule has 100 valence electrons. The molecule has 6 heteroatoms. The first-order chi connectivity index (χ1) is 8.27. The standard InChI is InChI=1S/C12H14Cl3NO2/c1-3-4-5-10(17)8-6-9(16(2)7-8)11(18)12(13,14)15/h6-7H,3-5H2,1-2H3. The van der Waals surface area contributed by atoms with E-state index in [0.717, 1.165) is 12.8 Å². The van der Waals surface area contributed by atoms with Crippen LogP contribution in [0.1, 0.15) is 47.0 Å². The number of nitrogens with zero attached hydrogens (tertiary/aromatic N) is 1. The lowest BCUT2D eigenvalue weighted by Gasteiger charge is -2.09. The second kappa shape index (κ2) is 6.09. The van der Waals surface area contributed by atoms with Gasteiger partial charge in [-0.2, -0.15) is 0 Å². The van der Waals surface area contributed by atoms with E-state index in [-0.39, 0.29) is 11.5 Å². The predicted molar refractivity (Wildman–Crippen MR) is 73.9 cm³/mol. The van der Waals surface area contributed by atoms with E-state index in [1.807, 2.05) is 6.92 Å². The first-order valence-electron chi connectivity index (χ1n) is 5.58. The van der Waals surface area contributed by atoms with Crippen LogP contribution in [-0.2, 0) is 7.05 Å². The Bertz CT molecular complexity index is 460. The van der Waals surface area contributed by atoms with Crippen molar-refractivity contribution in [3.8, 4) is 0 Å². The molecule has 0 fully saturated rings. The molecule has 3 nitrogen and oxygen atoms in total. The van der Waals surface area contributed by atoms with E-state index in [2.05, 4.69) is 0 Å². The minimum Gasteiger partial charge on any atom is -0.347 e. The number of carbonyl (C=O) groups is 2. The van der Waals surface area contributed by atoms with Gasteiger partial charge in [0, 0.05) is 25.2 Å². The van der Waals surface area contributed by atoms with Gasteiger partial charge in [0.2, 0.25) is 5.78 Å². The number of aromatic nitrogens is 1. The fourth-order valence-electron chi connectivity index (χ4n) is 1.57. The average Bonchev–Trinajstić information content (AvgIpc) is 2.65. The molecule has 0 saturated carbocycles. The average molecular weight is 311 g/mol. The van der Waals surface area contributed by atoms with Gasteiger partial charge in [-0.3, -0.25) is 9.59 Å². The summed E-state index contributed by atoms with van der Waals surface area (Å²) in [6.45, 7) is 2.01. The number of halogens is 3. The predicted octanol–water partition coefficient (Wildman–Crippen LogP) is 3.95. The second-order valence-electron chi connectivity index (χ2n) is 4.08. The summed E-state index contributed by atoms with van der Waals surface area (Å²) in [5.74, 6) is -0.639. The van der Waals surface area contributed by atoms with Gasteiger partial charge in [0.05, 0.1) is 5.69 Å². The second-order valence-corrected chi connectivity index (χ2v) is 6.36. The van der Waals surface area contributed by atoms with Crippen molar-refractivity contribution < 1.29 is 9.59 Å². The molecule has 0 N–H and O–H groups in total. The summed E-state index contributed by atoms with van der Waals surface area (Å²) >= 11 is 16.6. The summed E-state index contributed by atoms with van der Waals surface area (Å²) in [5.41, 5.74) is 0.693. The molecule has 0 aliphatic carbocycles. The molecule has 1 heterocycles. The summed E-state index contributed by atoms with van der Waals surface area (Å²) in [7, 11) is 1.64. The van der Waals surface area contributed by atoms with Crippen LogP contribution in [0.25, 0.3) is 0 Å². The molecule has 18 heavy (non-hydrogen) atoms. The smallest absolute Gasteiger partial charge is 0.255 e. The minimum atomic E-state index is -2.00. The van der Waals surface area contributed by atoms with Gasteiger partial charge in [0.15, 0.2) is 5.78 Å². The molecule has 1 aromatic heterocycles. The van der Waals surface area contributed by atoms with Crippen LogP contribution in [0.15, 0.2) is 12.3 Å². The van der Waals surface area contributed by atoms with Crippen molar-refractivity contribution in [3.63, 3.8) is 0 Å². The summed E-state index contributed by atoms with van der Waals surface area (Å²) < 4.78 is -0.501. The van der Waals surface area contributed by atoms with Gasteiger partial charge in [-0.1, -0.05) is 48.1 Å². The highest BCUT2D eigenvalue weighted by Crippen LogP contribution is 2.31. The van der Waals surface area contributed by atoms with Crippen LogP contribution in [0, 0.1) is 0 Å². The quantitative estimate of drug-likeness (QED) is 0.610. The first kappa shape index (κ1) is 15.5. The monoisotopic (exact) mass is 309 g/mol. The van der Waals surface area contributed by atoms with E-state index >= 15 is 0 Å². The third kappa shape index (κ3) is 3.74. The number of carbonyl (C=O) groups excluding carboxylic acids is 2. The molecule has 1 rings (SSSR count). The number of ketones is 2. The van der Waals surface area contributed by atoms with E-state index in [1.165, 1.54) is 10.6 Å². The Labute approximate surface area is 121 Å². The number of unbranched alkanes of at least 4 members (excludes halogenated alkanes) is 1. The van der Waals surface area contributed by atoms with Crippen molar-refractivity contribution in [1.82, 2.24) is 4.57 Å². The lowest BCUT2D eigenvalue weighted by molar-refractivity contribution is 0.0978. The highest BCUT2D eigenvalue weighted by Gasteiger charge is 2.33. The van der Waals surface area contributed by atoms with Crippen molar-refractivity contribution in [1.29, 1.82) is 0 Å². The third-order valence-electron chi connectivity index (χ3n) is 2.57. The van der Waals surface area contributed by atoms with E-state index in [4.69, 9.17) is 34.8 Å². The Morgan fingerprint density at radius 2 is 1.94 bits per heavy atom. The number of rotatable bonds is 5. The van der Waals surface area contributed by atoms with Crippen LogP contribution in [0.3, 0.4) is 0 Å². The van der Waals surface area contributed by atoms with Crippen LogP contribution >= 0.6 is 34.8 Å². The molecule has 0 saturated heterocycles. The zero-order valence-corrected chi connectivity index (χ0v) is 12.4. The van der Waals surface area contributed by atoms with Gasteiger partial charge in [-0.05, 0) is 12.5 Å². The summed E-state index contributed by atoms with van der Waals surface area (Å²) in [6, 6.07) is 1.47. The zero-order chi connectivity index (χ0) is 13.9. The minimum absolute atomic E-state index is 0.00387. The molecular weight excluding hydrogens is 296 g/mol. The van der Waals surface area contributed by atoms with E-state index in [1.54, 1.807) is 13.2 Å². The molecule has 0 spiro atoms. The lowest BCUT2D eigenvalue weighted by Crippen LogP contribution is -2.21. The fraction of sp³-hybridized carbons (Fsp3) is 0.500. The molecule has 0 atom stereocenters. The largest absolute Gasteiger partial charge is 0.347 e. The molecule has 0 aliphatic rings. The van der Waals surface area contributed by atoms with E-state index in [0.29, 0.717) is 12.0 Å². The van der Waals surface area contributed by atoms with Crippen LogP contribution in [0.5, 0.6) is 0 Å².